The van der Waals surface area contributed by atoms with Gasteiger partial charge in [-0.2, -0.15) is 0 Å². The quantitative estimate of drug-likeness (QED) is 0.208. The number of aryl methyl sites for hydroxylation is 2. The molecule has 6 rings (SSSR count). The number of benzene rings is 2. The first-order valence-electron chi connectivity index (χ1n) is 15.3. The Morgan fingerprint density at radius 3 is 2.47 bits per heavy atom. The number of hydrogen-bond acceptors (Lipinski definition) is 8. The summed E-state index contributed by atoms with van der Waals surface area (Å²) in [6, 6.07) is 17.4. The molecule has 0 radical (unpaired) electrons. The molecule has 3 N–H and O–H groups in total. The van der Waals surface area contributed by atoms with E-state index in [0.717, 1.165) is 44.5 Å². The van der Waals surface area contributed by atoms with Crippen LogP contribution in [-0.2, 0) is 25.4 Å². The van der Waals surface area contributed by atoms with Crippen molar-refractivity contribution in [2.24, 2.45) is 14.1 Å². The predicted molar refractivity (Wildman–Crippen MR) is 185 cm³/mol. The fourth-order valence-corrected chi connectivity index (χ4v) is 6.40. The van der Waals surface area contributed by atoms with E-state index in [1.54, 1.807) is 20.2 Å². The predicted octanol–water partition coefficient (Wildman–Crippen LogP) is 4.75. The third-order valence-corrected chi connectivity index (χ3v) is 9.06. The minimum absolute atomic E-state index is 0.0933. The van der Waals surface area contributed by atoms with Crippen molar-refractivity contribution in [3.8, 4) is 28.3 Å². The number of ether oxygens (including phenoxy) is 1. The second-order valence-corrected chi connectivity index (χ2v) is 12.2. The normalized spacial score (nSPS) is 14.4. The van der Waals surface area contributed by atoms with Crippen LogP contribution in [0.15, 0.2) is 64.2 Å². The highest BCUT2D eigenvalue weighted by atomic mass is 35.5. The van der Waals surface area contributed by atoms with Gasteiger partial charge in [0.15, 0.2) is 0 Å². The summed E-state index contributed by atoms with van der Waals surface area (Å²) < 4.78 is 8.18. The number of methoxy groups -OCH3 is 1. The summed E-state index contributed by atoms with van der Waals surface area (Å²) in [5.74, 6) is 0.960. The van der Waals surface area contributed by atoms with Crippen molar-refractivity contribution in [3.05, 3.63) is 97.3 Å². The molecule has 0 aliphatic carbocycles. The molecule has 1 saturated heterocycles. The summed E-state index contributed by atoms with van der Waals surface area (Å²) in [7, 11) is 4.69. The van der Waals surface area contributed by atoms with Crippen molar-refractivity contribution in [2.45, 2.75) is 39.3 Å². The number of carbonyl (C=O) groups excluding carboxylic acids is 1. The van der Waals surface area contributed by atoms with Crippen molar-refractivity contribution >= 4 is 39.9 Å². The molecule has 1 atom stereocenters. The Bertz CT molecular complexity index is 2160. The SMILES string of the molecule is COc1nc(-c2cccc(-c3cccc(Nc4nc(C)cc5c4c(=O)n(C)c(=O)n5C)c3C)c2Cl)ccc1CNCC1CCC(=O)N1. The van der Waals surface area contributed by atoms with Crippen LogP contribution in [0, 0.1) is 13.8 Å². The topological polar surface area (TPSA) is 132 Å². The largest absolute Gasteiger partial charge is 0.481 e. The summed E-state index contributed by atoms with van der Waals surface area (Å²) in [6.07, 6.45) is 1.40. The monoisotopic (exact) mass is 653 g/mol. The van der Waals surface area contributed by atoms with Crippen molar-refractivity contribution in [3.63, 3.8) is 0 Å². The lowest BCUT2D eigenvalue weighted by Gasteiger charge is -2.18. The molecule has 5 aromatic rings. The molecule has 0 bridgehead atoms. The highest BCUT2D eigenvalue weighted by Crippen LogP contribution is 2.40. The molecule has 4 heterocycles. The van der Waals surface area contributed by atoms with E-state index >= 15 is 0 Å². The molecular formula is C35H36ClN7O4. The van der Waals surface area contributed by atoms with Crippen LogP contribution < -0.4 is 31.9 Å². The van der Waals surface area contributed by atoms with Gasteiger partial charge in [0.2, 0.25) is 11.8 Å². The molecule has 12 heteroatoms. The molecular weight excluding hydrogens is 618 g/mol. The van der Waals surface area contributed by atoms with E-state index in [2.05, 4.69) is 20.9 Å². The second-order valence-electron chi connectivity index (χ2n) is 11.8. The number of aromatic nitrogens is 4. The van der Waals surface area contributed by atoms with Crippen molar-refractivity contribution in [1.82, 2.24) is 29.7 Å². The van der Waals surface area contributed by atoms with Gasteiger partial charge in [-0.3, -0.25) is 18.7 Å². The Labute approximate surface area is 276 Å². The molecule has 1 fully saturated rings. The standard InChI is InChI=1S/C35H36ClN7O4/c1-19-16-28-30(34(45)43(4)35(46)42(28)3)32(38-19)40-26-11-7-8-23(20(26)2)24-9-6-10-25(31(24)36)27-14-12-21(33(41-27)47-5)17-37-18-22-13-15-29(44)39-22/h6-12,14,16,22,37H,13,15,17-18H2,1-5H3,(H,38,40)(H,39,44). The van der Waals surface area contributed by atoms with E-state index in [1.165, 1.54) is 11.6 Å². The van der Waals surface area contributed by atoms with Crippen LogP contribution >= 0.6 is 11.6 Å². The van der Waals surface area contributed by atoms with Gasteiger partial charge in [-0.25, -0.2) is 14.8 Å². The van der Waals surface area contributed by atoms with Gasteiger partial charge >= 0.3 is 5.69 Å². The van der Waals surface area contributed by atoms with Crippen LogP contribution in [0.5, 0.6) is 5.88 Å². The molecule has 1 unspecified atom stereocenters. The Hall–Kier alpha value is -5.00. The molecule has 0 spiro atoms. The second kappa shape index (κ2) is 13.0. The number of halogens is 1. The van der Waals surface area contributed by atoms with Gasteiger partial charge in [-0.15, -0.1) is 0 Å². The van der Waals surface area contributed by atoms with Crippen LogP contribution in [0.25, 0.3) is 33.3 Å². The van der Waals surface area contributed by atoms with Gasteiger partial charge in [-0.1, -0.05) is 48.0 Å². The number of hydrogen-bond donors (Lipinski definition) is 3. The summed E-state index contributed by atoms with van der Waals surface area (Å²) in [5, 5.41) is 10.6. The van der Waals surface area contributed by atoms with Gasteiger partial charge in [-0.05, 0) is 49.6 Å². The van der Waals surface area contributed by atoms with Gasteiger partial charge in [0.05, 0.1) is 23.3 Å². The maximum absolute atomic E-state index is 13.2. The van der Waals surface area contributed by atoms with E-state index in [4.69, 9.17) is 21.3 Å². The van der Waals surface area contributed by atoms with Gasteiger partial charge < -0.3 is 20.7 Å². The van der Waals surface area contributed by atoms with Crippen LogP contribution in [0.2, 0.25) is 5.02 Å². The Kier molecular flexibility index (Phi) is 8.85. The molecule has 1 aliphatic rings. The summed E-state index contributed by atoms with van der Waals surface area (Å²) in [6.45, 7) is 5.02. The maximum Gasteiger partial charge on any atom is 0.330 e. The third-order valence-electron chi connectivity index (χ3n) is 8.66. The smallest absolute Gasteiger partial charge is 0.330 e. The van der Waals surface area contributed by atoms with Crippen LogP contribution in [0.1, 0.15) is 29.7 Å². The molecule has 3 aromatic heterocycles. The lowest BCUT2D eigenvalue weighted by atomic mass is 9.96. The maximum atomic E-state index is 13.2. The number of nitrogens with one attached hydrogen (secondary N) is 3. The number of rotatable bonds is 9. The number of fused-ring (bicyclic) bond motifs is 1. The number of anilines is 2. The van der Waals surface area contributed by atoms with E-state index in [-0.39, 0.29) is 11.9 Å². The van der Waals surface area contributed by atoms with Crippen LogP contribution in [0.4, 0.5) is 11.5 Å². The molecule has 2 aromatic carbocycles. The summed E-state index contributed by atoms with van der Waals surface area (Å²) in [5.41, 5.74) is 6.02. The van der Waals surface area contributed by atoms with Crippen molar-refractivity contribution in [2.75, 3.05) is 19.0 Å². The number of amides is 1. The Morgan fingerprint density at radius 1 is 0.979 bits per heavy atom. The summed E-state index contributed by atoms with van der Waals surface area (Å²) in [4.78, 5) is 46.7. The molecule has 0 saturated carbocycles. The molecule has 242 valence electrons. The van der Waals surface area contributed by atoms with Gasteiger partial charge in [0.25, 0.3) is 5.56 Å². The fourth-order valence-electron chi connectivity index (χ4n) is 6.07. The van der Waals surface area contributed by atoms with Crippen LogP contribution in [-0.4, -0.2) is 44.7 Å². The zero-order chi connectivity index (χ0) is 33.4. The first kappa shape index (κ1) is 32.0. The average Bonchev–Trinajstić information content (AvgIpc) is 3.48. The first-order chi connectivity index (χ1) is 22.6. The molecule has 1 amide bonds. The number of carbonyl (C=O) groups is 1. The van der Waals surface area contributed by atoms with E-state index in [9.17, 15) is 14.4 Å². The zero-order valence-electron chi connectivity index (χ0n) is 26.9. The minimum Gasteiger partial charge on any atom is -0.481 e. The fraction of sp³-hybridized carbons (Fsp3) is 0.286. The van der Waals surface area contributed by atoms with Crippen molar-refractivity contribution < 1.29 is 9.53 Å². The number of pyridine rings is 2. The zero-order valence-corrected chi connectivity index (χ0v) is 27.7. The molecule has 11 nitrogen and oxygen atoms in total. The molecule has 1 aliphatic heterocycles. The Morgan fingerprint density at radius 2 is 1.72 bits per heavy atom. The van der Waals surface area contributed by atoms with Crippen LogP contribution in [0.3, 0.4) is 0 Å². The lowest BCUT2D eigenvalue weighted by Crippen LogP contribution is -2.37. The Balaban J connectivity index is 1.31. The lowest BCUT2D eigenvalue weighted by molar-refractivity contribution is -0.119. The van der Waals surface area contributed by atoms with E-state index in [1.807, 2.05) is 62.4 Å². The third kappa shape index (κ3) is 6.11. The van der Waals surface area contributed by atoms with Crippen molar-refractivity contribution in [1.29, 1.82) is 0 Å². The average molecular weight is 654 g/mol. The van der Waals surface area contributed by atoms with E-state index < -0.39 is 11.2 Å². The molecule has 47 heavy (non-hydrogen) atoms. The summed E-state index contributed by atoms with van der Waals surface area (Å²) >= 11 is 7.10. The minimum atomic E-state index is -0.422. The number of nitrogens with zero attached hydrogens (tertiary/aromatic N) is 4. The highest BCUT2D eigenvalue weighted by molar-refractivity contribution is 6.36. The van der Waals surface area contributed by atoms with E-state index in [0.29, 0.717) is 58.5 Å². The highest BCUT2D eigenvalue weighted by Gasteiger charge is 2.21. The first-order valence-corrected chi connectivity index (χ1v) is 15.7. The van der Waals surface area contributed by atoms with Gasteiger partial charge in [0.1, 0.15) is 11.2 Å². The van der Waals surface area contributed by atoms with Gasteiger partial charge in [0, 0.05) is 67.7 Å².